The molecule has 1 fully saturated rings. The van der Waals surface area contributed by atoms with Gasteiger partial charge in [0.2, 0.25) is 0 Å². The molecule has 0 bridgehead atoms. The summed E-state index contributed by atoms with van der Waals surface area (Å²) in [5.41, 5.74) is 5.09. The minimum atomic E-state index is 0.486. The summed E-state index contributed by atoms with van der Waals surface area (Å²) in [6, 6.07) is 19.7. The molecule has 0 heterocycles. The van der Waals surface area contributed by atoms with Crippen LogP contribution in [-0.2, 0) is 6.42 Å². The molecule has 0 atom stereocenters. The molecule has 3 rings (SSSR count). The maximum absolute atomic E-state index is 8.76. The minimum absolute atomic E-state index is 0.486. The molecule has 0 spiro atoms. The van der Waals surface area contributed by atoms with Gasteiger partial charge in [-0.3, -0.25) is 0 Å². The first kappa shape index (κ1) is 16.8. The molecule has 1 heteroatoms. The van der Waals surface area contributed by atoms with E-state index in [1.807, 2.05) is 0 Å². The number of rotatable bonds is 5. The molecule has 2 aromatic rings. The second kappa shape index (κ2) is 8.15. The summed E-state index contributed by atoms with van der Waals surface area (Å²) in [7, 11) is 0. The molecule has 2 aromatic carbocycles. The van der Waals surface area contributed by atoms with E-state index in [9.17, 15) is 0 Å². The molecule has 24 heavy (non-hydrogen) atoms. The first-order valence-corrected chi connectivity index (χ1v) is 9.36. The number of benzene rings is 2. The molecule has 1 aliphatic carbocycles. The van der Waals surface area contributed by atoms with E-state index >= 15 is 0 Å². The molecular weight excluding hydrogens is 290 g/mol. The van der Waals surface area contributed by atoms with Crippen LogP contribution >= 0.6 is 0 Å². The zero-order chi connectivity index (χ0) is 16.8. The molecule has 1 nitrogen and oxygen atoms in total. The van der Waals surface area contributed by atoms with Crippen LogP contribution in [0.5, 0.6) is 0 Å². The Morgan fingerprint density at radius 3 is 2.00 bits per heavy atom. The van der Waals surface area contributed by atoms with Gasteiger partial charge in [0.15, 0.2) is 0 Å². The van der Waals surface area contributed by atoms with Crippen molar-refractivity contribution in [2.45, 2.75) is 57.8 Å². The van der Waals surface area contributed by atoms with Gasteiger partial charge in [0.25, 0.3) is 0 Å². The predicted octanol–water partition coefficient (Wildman–Crippen LogP) is 6.49. The van der Waals surface area contributed by atoms with Crippen molar-refractivity contribution in [2.75, 3.05) is 0 Å². The molecule has 0 amide bonds. The fourth-order valence-corrected chi connectivity index (χ4v) is 4.05. The monoisotopic (exact) mass is 317 g/mol. The topological polar surface area (TPSA) is 23.8 Å². The highest BCUT2D eigenvalue weighted by Crippen LogP contribution is 2.38. The summed E-state index contributed by atoms with van der Waals surface area (Å²) in [6.07, 6.45) is 8.74. The maximum Gasteiger partial charge on any atom is 0.0669 e. The summed E-state index contributed by atoms with van der Waals surface area (Å²) in [5, 5.41) is 8.76. The summed E-state index contributed by atoms with van der Waals surface area (Å²) < 4.78 is 0. The summed E-state index contributed by atoms with van der Waals surface area (Å²) in [5.74, 6) is 1.72. The SMILES string of the molecule is CCC[C@H]1CC[C@H](c2ccc(-c3ccc(CC#N)cc3)cc2)CC1. The lowest BCUT2D eigenvalue weighted by Crippen LogP contribution is -2.13. The molecule has 0 unspecified atom stereocenters. The smallest absolute Gasteiger partial charge is 0.0669 e. The zero-order valence-electron chi connectivity index (χ0n) is 14.7. The normalized spacial score (nSPS) is 20.5. The van der Waals surface area contributed by atoms with E-state index in [2.05, 4.69) is 61.5 Å². The van der Waals surface area contributed by atoms with Crippen LogP contribution in [0.25, 0.3) is 11.1 Å². The summed E-state index contributed by atoms with van der Waals surface area (Å²) in [4.78, 5) is 0. The van der Waals surface area contributed by atoms with E-state index in [4.69, 9.17) is 5.26 Å². The van der Waals surface area contributed by atoms with Crippen LogP contribution in [0.15, 0.2) is 48.5 Å². The van der Waals surface area contributed by atoms with Gasteiger partial charge in [-0.2, -0.15) is 5.26 Å². The lowest BCUT2D eigenvalue weighted by atomic mass is 9.77. The van der Waals surface area contributed by atoms with Crippen molar-refractivity contribution in [1.82, 2.24) is 0 Å². The van der Waals surface area contributed by atoms with Crippen molar-refractivity contribution in [3.63, 3.8) is 0 Å². The van der Waals surface area contributed by atoms with Crippen LogP contribution in [0.1, 0.15) is 62.5 Å². The Kier molecular flexibility index (Phi) is 5.70. The number of nitriles is 1. The van der Waals surface area contributed by atoms with E-state index in [0.29, 0.717) is 6.42 Å². The van der Waals surface area contributed by atoms with Gasteiger partial charge in [0, 0.05) is 0 Å². The largest absolute Gasteiger partial charge is 0.198 e. The van der Waals surface area contributed by atoms with Crippen LogP contribution in [-0.4, -0.2) is 0 Å². The van der Waals surface area contributed by atoms with Crippen LogP contribution in [0.2, 0.25) is 0 Å². The Morgan fingerprint density at radius 1 is 0.875 bits per heavy atom. The average molecular weight is 317 g/mol. The Hall–Kier alpha value is -2.07. The third-order valence-corrected chi connectivity index (χ3v) is 5.50. The van der Waals surface area contributed by atoms with E-state index in [1.54, 1.807) is 0 Å². The maximum atomic E-state index is 8.76. The Labute approximate surface area is 146 Å². The number of hydrogen-bond acceptors (Lipinski definition) is 1. The average Bonchev–Trinajstić information content (AvgIpc) is 2.64. The second-order valence-electron chi connectivity index (χ2n) is 7.16. The highest BCUT2D eigenvalue weighted by molar-refractivity contribution is 5.64. The lowest BCUT2D eigenvalue weighted by molar-refractivity contribution is 0.308. The van der Waals surface area contributed by atoms with Crippen molar-refractivity contribution in [3.8, 4) is 17.2 Å². The third-order valence-electron chi connectivity index (χ3n) is 5.50. The van der Waals surface area contributed by atoms with Crippen LogP contribution in [0.4, 0.5) is 0 Å². The molecule has 1 saturated carbocycles. The molecular formula is C23H27N. The molecule has 124 valence electrons. The number of hydrogen-bond donors (Lipinski definition) is 0. The van der Waals surface area contributed by atoms with Crippen molar-refractivity contribution in [1.29, 1.82) is 5.26 Å². The van der Waals surface area contributed by atoms with Gasteiger partial charge in [-0.15, -0.1) is 0 Å². The summed E-state index contributed by atoms with van der Waals surface area (Å²) >= 11 is 0. The van der Waals surface area contributed by atoms with Crippen LogP contribution < -0.4 is 0 Å². The highest BCUT2D eigenvalue weighted by atomic mass is 14.3. The van der Waals surface area contributed by atoms with Crippen molar-refractivity contribution in [3.05, 3.63) is 59.7 Å². The van der Waals surface area contributed by atoms with Crippen LogP contribution in [0, 0.1) is 17.2 Å². The molecule has 0 aromatic heterocycles. The van der Waals surface area contributed by atoms with E-state index in [-0.39, 0.29) is 0 Å². The number of nitrogens with zero attached hydrogens (tertiary/aromatic N) is 1. The predicted molar refractivity (Wildman–Crippen MR) is 101 cm³/mol. The second-order valence-corrected chi connectivity index (χ2v) is 7.16. The zero-order valence-corrected chi connectivity index (χ0v) is 14.7. The van der Waals surface area contributed by atoms with Gasteiger partial charge in [-0.05, 0) is 59.8 Å². The Balaban J connectivity index is 1.64. The van der Waals surface area contributed by atoms with Gasteiger partial charge < -0.3 is 0 Å². The highest BCUT2D eigenvalue weighted by Gasteiger charge is 2.21. The lowest BCUT2D eigenvalue weighted by Gasteiger charge is -2.28. The van der Waals surface area contributed by atoms with Crippen molar-refractivity contribution < 1.29 is 0 Å². The van der Waals surface area contributed by atoms with E-state index in [0.717, 1.165) is 17.4 Å². The molecule has 0 N–H and O–H groups in total. The molecule has 1 aliphatic rings. The minimum Gasteiger partial charge on any atom is -0.198 e. The van der Waals surface area contributed by atoms with Gasteiger partial charge in [-0.1, -0.05) is 68.3 Å². The fourth-order valence-electron chi connectivity index (χ4n) is 4.05. The Bertz CT molecular complexity index is 667. The molecule has 0 aliphatic heterocycles. The molecule has 0 saturated heterocycles. The van der Waals surface area contributed by atoms with Crippen molar-refractivity contribution >= 4 is 0 Å². The van der Waals surface area contributed by atoms with Crippen LogP contribution in [0.3, 0.4) is 0 Å². The summed E-state index contributed by atoms with van der Waals surface area (Å²) in [6.45, 7) is 2.30. The first-order valence-electron chi connectivity index (χ1n) is 9.36. The van der Waals surface area contributed by atoms with Gasteiger partial charge in [-0.25, -0.2) is 0 Å². The van der Waals surface area contributed by atoms with Gasteiger partial charge >= 0.3 is 0 Å². The first-order chi connectivity index (χ1) is 11.8. The standard InChI is InChI=1S/C23H27N/c1-2-3-18-4-8-20(9-5-18)22-12-14-23(15-13-22)21-10-6-19(7-11-21)16-17-24/h6-7,10-15,18,20H,2-5,8-9,16H2,1H3/t18-,20-. The van der Waals surface area contributed by atoms with Crippen molar-refractivity contribution in [2.24, 2.45) is 5.92 Å². The van der Waals surface area contributed by atoms with Gasteiger partial charge in [0.1, 0.15) is 0 Å². The van der Waals surface area contributed by atoms with E-state index in [1.165, 1.54) is 55.2 Å². The fraction of sp³-hybridized carbons (Fsp3) is 0.435. The third kappa shape index (κ3) is 4.06. The molecule has 0 radical (unpaired) electrons. The van der Waals surface area contributed by atoms with Gasteiger partial charge in [0.05, 0.1) is 12.5 Å². The van der Waals surface area contributed by atoms with E-state index < -0.39 is 0 Å². The quantitative estimate of drug-likeness (QED) is 0.618. The Morgan fingerprint density at radius 2 is 1.46 bits per heavy atom.